The van der Waals surface area contributed by atoms with Crippen LogP contribution in [0.15, 0.2) is 18.3 Å². The van der Waals surface area contributed by atoms with Gasteiger partial charge in [-0.2, -0.15) is 5.10 Å². The molecule has 0 atom stereocenters. The van der Waals surface area contributed by atoms with E-state index in [4.69, 9.17) is 0 Å². The van der Waals surface area contributed by atoms with Gasteiger partial charge in [-0.3, -0.25) is 0 Å². The molecular formula is C12H21N3. The normalized spacial score (nSPS) is 8.67. The van der Waals surface area contributed by atoms with Crippen LogP contribution in [0, 0.1) is 13.8 Å². The number of aryl methyl sites for hydroxylation is 2. The Morgan fingerprint density at radius 1 is 1.07 bits per heavy atom. The molecule has 84 valence electrons. The molecule has 2 heterocycles. The Kier molecular flexibility index (Phi) is 6.34. The van der Waals surface area contributed by atoms with E-state index in [0.717, 1.165) is 17.0 Å². The van der Waals surface area contributed by atoms with E-state index in [1.807, 2.05) is 58.2 Å². The van der Waals surface area contributed by atoms with E-state index < -0.39 is 0 Å². The van der Waals surface area contributed by atoms with Gasteiger partial charge < -0.3 is 0 Å². The molecule has 0 spiro atoms. The highest BCUT2D eigenvalue weighted by atomic mass is 15.2. The minimum absolute atomic E-state index is 0.935. The van der Waals surface area contributed by atoms with Crippen molar-refractivity contribution < 1.29 is 0 Å². The van der Waals surface area contributed by atoms with Crippen molar-refractivity contribution in [1.82, 2.24) is 14.6 Å². The Morgan fingerprint density at radius 3 is 2.27 bits per heavy atom. The summed E-state index contributed by atoms with van der Waals surface area (Å²) in [4.78, 5) is 4.27. The lowest BCUT2D eigenvalue weighted by Gasteiger charge is -1.98. The van der Waals surface area contributed by atoms with Crippen molar-refractivity contribution in [3.05, 3.63) is 29.8 Å². The van der Waals surface area contributed by atoms with Gasteiger partial charge in [0.15, 0.2) is 0 Å². The van der Waals surface area contributed by atoms with E-state index in [2.05, 4.69) is 10.1 Å². The highest BCUT2D eigenvalue weighted by Crippen LogP contribution is 2.04. The summed E-state index contributed by atoms with van der Waals surface area (Å²) in [6, 6.07) is 3.99. The lowest BCUT2D eigenvalue weighted by atomic mass is 10.4. The molecule has 0 saturated heterocycles. The zero-order valence-electron chi connectivity index (χ0n) is 10.6. The van der Waals surface area contributed by atoms with Gasteiger partial charge in [0, 0.05) is 5.69 Å². The SMILES string of the molecule is CC.CC.Cc1cc2ccnn2c(C)n1. The first-order valence-electron chi connectivity index (χ1n) is 5.55. The molecule has 0 bridgehead atoms. The van der Waals surface area contributed by atoms with E-state index in [1.165, 1.54) is 0 Å². The van der Waals surface area contributed by atoms with Crippen LogP contribution in [-0.2, 0) is 0 Å². The first-order chi connectivity index (χ1) is 7.27. The number of fused-ring (bicyclic) bond motifs is 1. The molecule has 0 saturated carbocycles. The zero-order chi connectivity index (χ0) is 11.8. The minimum Gasteiger partial charge on any atom is -0.238 e. The molecule has 0 aliphatic rings. The van der Waals surface area contributed by atoms with E-state index in [1.54, 1.807) is 6.20 Å². The summed E-state index contributed by atoms with van der Waals surface area (Å²) in [7, 11) is 0. The molecule has 0 N–H and O–H groups in total. The van der Waals surface area contributed by atoms with Gasteiger partial charge >= 0.3 is 0 Å². The summed E-state index contributed by atoms with van der Waals surface area (Å²) >= 11 is 0. The van der Waals surface area contributed by atoms with E-state index in [-0.39, 0.29) is 0 Å². The molecule has 0 aromatic carbocycles. The van der Waals surface area contributed by atoms with Gasteiger partial charge in [0.1, 0.15) is 5.82 Å². The van der Waals surface area contributed by atoms with Crippen molar-refractivity contribution in [2.24, 2.45) is 0 Å². The molecule has 0 amide bonds. The van der Waals surface area contributed by atoms with Gasteiger partial charge in [0.05, 0.1) is 11.7 Å². The molecule has 0 fully saturated rings. The van der Waals surface area contributed by atoms with Gasteiger partial charge in [0.25, 0.3) is 0 Å². The molecule has 2 aromatic rings. The minimum atomic E-state index is 0.935. The molecule has 0 aliphatic carbocycles. The summed E-state index contributed by atoms with van der Waals surface area (Å²) in [5.41, 5.74) is 2.14. The van der Waals surface area contributed by atoms with E-state index in [0.29, 0.717) is 0 Å². The summed E-state index contributed by atoms with van der Waals surface area (Å²) in [6.45, 7) is 11.9. The van der Waals surface area contributed by atoms with E-state index in [9.17, 15) is 0 Å². The van der Waals surface area contributed by atoms with Crippen molar-refractivity contribution in [3.63, 3.8) is 0 Å². The fourth-order valence-electron chi connectivity index (χ4n) is 1.24. The molecule has 0 radical (unpaired) electrons. The summed E-state index contributed by atoms with van der Waals surface area (Å²) < 4.78 is 1.83. The van der Waals surface area contributed by atoms with Crippen molar-refractivity contribution in [2.75, 3.05) is 0 Å². The number of hydrogen-bond donors (Lipinski definition) is 0. The van der Waals surface area contributed by atoms with Crippen molar-refractivity contribution in [2.45, 2.75) is 41.5 Å². The molecule has 0 unspecified atom stereocenters. The Bertz CT molecular complexity index is 391. The van der Waals surface area contributed by atoms with Crippen LogP contribution < -0.4 is 0 Å². The monoisotopic (exact) mass is 207 g/mol. The second-order valence-electron chi connectivity index (χ2n) is 2.61. The Labute approximate surface area is 92.2 Å². The number of hydrogen-bond acceptors (Lipinski definition) is 2. The highest BCUT2D eigenvalue weighted by molar-refractivity contribution is 5.46. The maximum Gasteiger partial charge on any atom is 0.127 e. The fraction of sp³-hybridized carbons (Fsp3) is 0.500. The second kappa shape index (κ2) is 6.98. The predicted molar refractivity (Wildman–Crippen MR) is 65.2 cm³/mol. The maximum atomic E-state index is 4.27. The van der Waals surface area contributed by atoms with Gasteiger partial charge in [0.2, 0.25) is 0 Å². The molecule has 2 aromatic heterocycles. The van der Waals surface area contributed by atoms with Crippen LogP contribution in [0.3, 0.4) is 0 Å². The van der Waals surface area contributed by atoms with Crippen LogP contribution in [0.25, 0.3) is 5.52 Å². The van der Waals surface area contributed by atoms with Crippen molar-refractivity contribution >= 4 is 5.52 Å². The Balaban J connectivity index is 0.000000442. The summed E-state index contributed by atoms with van der Waals surface area (Å²) in [5, 5.41) is 4.11. The standard InChI is InChI=1S/C8H9N3.2C2H6/c1-6-5-8-3-4-9-11(8)7(2)10-6;2*1-2/h3-5H,1-2H3;2*1-2H3. The number of nitrogens with zero attached hydrogens (tertiary/aromatic N) is 3. The smallest absolute Gasteiger partial charge is 0.127 e. The first kappa shape index (κ1) is 13.6. The molecular weight excluding hydrogens is 186 g/mol. The number of rotatable bonds is 0. The second-order valence-corrected chi connectivity index (χ2v) is 2.61. The average Bonchev–Trinajstić information content (AvgIpc) is 2.72. The van der Waals surface area contributed by atoms with Gasteiger partial charge in [-0.25, -0.2) is 9.50 Å². The van der Waals surface area contributed by atoms with Crippen LogP contribution in [0.5, 0.6) is 0 Å². The molecule has 0 aliphatic heterocycles. The first-order valence-corrected chi connectivity index (χ1v) is 5.55. The molecule has 3 heteroatoms. The van der Waals surface area contributed by atoms with Crippen molar-refractivity contribution in [1.29, 1.82) is 0 Å². The molecule has 2 rings (SSSR count). The lowest BCUT2D eigenvalue weighted by molar-refractivity contribution is 0.852. The lowest BCUT2D eigenvalue weighted by Crippen LogP contribution is -1.97. The average molecular weight is 207 g/mol. The topological polar surface area (TPSA) is 30.2 Å². The highest BCUT2D eigenvalue weighted by Gasteiger charge is 1.97. The summed E-state index contributed by atoms with van der Waals surface area (Å²) in [6.07, 6.45) is 1.78. The Hall–Kier alpha value is -1.38. The van der Waals surface area contributed by atoms with Crippen LogP contribution in [-0.4, -0.2) is 14.6 Å². The Morgan fingerprint density at radius 2 is 1.67 bits per heavy atom. The quantitative estimate of drug-likeness (QED) is 0.662. The molecule has 15 heavy (non-hydrogen) atoms. The van der Waals surface area contributed by atoms with Crippen molar-refractivity contribution in [3.8, 4) is 0 Å². The third kappa shape index (κ3) is 3.35. The fourth-order valence-corrected chi connectivity index (χ4v) is 1.24. The van der Waals surface area contributed by atoms with Crippen LogP contribution in [0.1, 0.15) is 39.2 Å². The van der Waals surface area contributed by atoms with E-state index >= 15 is 0 Å². The van der Waals surface area contributed by atoms with Crippen LogP contribution in [0.4, 0.5) is 0 Å². The molecule has 3 nitrogen and oxygen atoms in total. The van der Waals surface area contributed by atoms with Crippen LogP contribution >= 0.6 is 0 Å². The zero-order valence-corrected chi connectivity index (χ0v) is 10.6. The third-order valence-electron chi connectivity index (χ3n) is 1.67. The predicted octanol–water partition coefficient (Wildman–Crippen LogP) is 3.40. The number of aromatic nitrogens is 3. The summed E-state index contributed by atoms with van der Waals surface area (Å²) in [5.74, 6) is 0.935. The van der Waals surface area contributed by atoms with Gasteiger partial charge in [-0.1, -0.05) is 27.7 Å². The third-order valence-corrected chi connectivity index (χ3v) is 1.67. The van der Waals surface area contributed by atoms with Gasteiger partial charge in [-0.15, -0.1) is 0 Å². The largest absolute Gasteiger partial charge is 0.238 e. The van der Waals surface area contributed by atoms with Gasteiger partial charge in [-0.05, 0) is 26.0 Å². The maximum absolute atomic E-state index is 4.27. The van der Waals surface area contributed by atoms with Crippen LogP contribution in [0.2, 0.25) is 0 Å².